The van der Waals surface area contributed by atoms with Crippen molar-refractivity contribution in [3.05, 3.63) is 70.5 Å². The highest BCUT2D eigenvalue weighted by Gasteiger charge is 2.17. The van der Waals surface area contributed by atoms with Crippen molar-refractivity contribution in [2.45, 2.75) is 32.7 Å². The Hall–Kier alpha value is -1.71. The van der Waals surface area contributed by atoms with Crippen LogP contribution in [-0.2, 0) is 6.42 Å². The van der Waals surface area contributed by atoms with Gasteiger partial charge >= 0.3 is 0 Å². The third-order valence-electron chi connectivity index (χ3n) is 3.45. The Balaban J connectivity index is 2.41. The van der Waals surface area contributed by atoms with Crippen molar-refractivity contribution in [1.82, 2.24) is 5.43 Å². The molecule has 0 aliphatic heterocycles. The van der Waals surface area contributed by atoms with Gasteiger partial charge in [0, 0.05) is 5.56 Å². The van der Waals surface area contributed by atoms with E-state index in [0.717, 1.165) is 24.0 Å². The number of rotatable bonds is 5. The first-order valence-corrected chi connectivity index (χ1v) is 6.96. The van der Waals surface area contributed by atoms with Crippen LogP contribution in [0.5, 0.6) is 0 Å². The molecule has 2 aromatic carbocycles. The highest BCUT2D eigenvalue weighted by Crippen LogP contribution is 2.25. The Labute approximate surface area is 119 Å². The number of aryl methyl sites for hydroxylation is 2. The molecule has 1 atom stereocenters. The first kappa shape index (κ1) is 14.7. The van der Waals surface area contributed by atoms with Crippen LogP contribution in [0, 0.1) is 12.7 Å². The van der Waals surface area contributed by atoms with E-state index >= 15 is 0 Å². The number of hydrogen-bond donors (Lipinski definition) is 2. The second kappa shape index (κ2) is 6.64. The van der Waals surface area contributed by atoms with Crippen LogP contribution in [0.3, 0.4) is 0 Å². The SMILES string of the molecule is CCCc1cccc(C(NN)c2cc(C)ccc2F)c1. The van der Waals surface area contributed by atoms with Gasteiger partial charge in [0.2, 0.25) is 0 Å². The molecule has 2 nitrogen and oxygen atoms in total. The van der Waals surface area contributed by atoms with Crippen LogP contribution in [0.25, 0.3) is 0 Å². The van der Waals surface area contributed by atoms with Crippen molar-refractivity contribution in [2.24, 2.45) is 5.84 Å². The van der Waals surface area contributed by atoms with Gasteiger partial charge in [-0.25, -0.2) is 9.82 Å². The summed E-state index contributed by atoms with van der Waals surface area (Å²) in [5, 5.41) is 0. The predicted octanol–water partition coefficient (Wildman–Crippen LogP) is 3.64. The summed E-state index contributed by atoms with van der Waals surface area (Å²) in [4.78, 5) is 0. The summed E-state index contributed by atoms with van der Waals surface area (Å²) in [6.45, 7) is 4.09. The van der Waals surface area contributed by atoms with Gasteiger partial charge in [-0.3, -0.25) is 5.84 Å². The molecule has 20 heavy (non-hydrogen) atoms. The lowest BCUT2D eigenvalue weighted by atomic mass is 9.95. The fourth-order valence-electron chi connectivity index (χ4n) is 2.47. The lowest BCUT2D eigenvalue weighted by molar-refractivity contribution is 0.559. The van der Waals surface area contributed by atoms with Gasteiger partial charge in [0.05, 0.1) is 6.04 Å². The van der Waals surface area contributed by atoms with E-state index < -0.39 is 0 Å². The number of nitrogens with one attached hydrogen (secondary N) is 1. The van der Waals surface area contributed by atoms with Crippen LogP contribution in [-0.4, -0.2) is 0 Å². The Morgan fingerprint density at radius 1 is 1.20 bits per heavy atom. The van der Waals surface area contributed by atoms with Gasteiger partial charge in [-0.15, -0.1) is 0 Å². The molecule has 1 unspecified atom stereocenters. The van der Waals surface area contributed by atoms with Gasteiger partial charge in [-0.05, 0) is 30.5 Å². The minimum atomic E-state index is -0.327. The fourth-order valence-corrected chi connectivity index (χ4v) is 2.47. The Bertz CT molecular complexity index is 581. The number of nitrogens with two attached hydrogens (primary N) is 1. The summed E-state index contributed by atoms with van der Waals surface area (Å²) in [5.74, 6) is 5.43. The summed E-state index contributed by atoms with van der Waals surface area (Å²) in [7, 11) is 0. The lowest BCUT2D eigenvalue weighted by Crippen LogP contribution is -2.29. The fraction of sp³-hybridized carbons (Fsp3) is 0.294. The Morgan fingerprint density at radius 3 is 2.70 bits per heavy atom. The number of benzene rings is 2. The summed E-state index contributed by atoms with van der Waals surface area (Å²) < 4.78 is 14.0. The second-order valence-electron chi connectivity index (χ2n) is 5.12. The van der Waals surface area contributed by atoms with Gasteiger partial charge in [0.25, 0.3) is 0 Å². The molecular formula is C17H21FN2. The van der Waals surface area contributed by atoms with Crippen molar-refractivity contribution >= 4 is 0 Å². The molecule has 0 radical (unpaired) electrons. The summed E-state index contributed by atoms with van der Waals surface area (Å²) in [6.07, 6.45) is 2.10. The van der Waals surface area contributed by atoms with Crippen LogP contribution in [0.4, 0.5) is 4.39 Å². The van der Waals surface area contributed by atoms with E-state index in [1.54, 1.807) is 6.07 Å². The molecule has 0 aliphatic carbocycles. The summed E-state index contributed by atoms with van der Waals surface area (Å²) in [5.41, 5.74) is 6.57. The predicted molar refractivity (Wildman–Crippen MR) is 80.7 cm³/mol. The van der Waals surface area contributed by atoms with Crippen LogP contribution in [0.2, 0.25) is 0 Å². The molecule has 3 heteroatoms. The van der Waals surface area contributed by atoms with Gasteiger partial charge < -0.3 is 0 Å². The number of hydrogen-bond acceptors (Lipinski definition) is 2. The maximum atomic E-state index is 14.0. The monoisotopic (exact) mass is 272 g/mol. The third kappa shape index (κ3) is 3.24. The standard InChI is InChI=1S/C17H21FN2/c1-3-5-13-6-4-7-14(11-13)17(20-19)15-10-12(2)8-9-16(15)18/h4,6-11,17,20H,3,5,19H2,1-2H3. The zero-order chi connectivity index (χ0) is 14.5. The van der Waals surface area contributed by atoms with Crippen molar-refractivity contribution in [2.75, 3.05) is 0 Å². The molecular weight excluding hydrogens is 251 g/mol. The first-order chi connectivity index (χ1) is 9.65. The molecule has 2 aromatic rings. The average Bonchev–Trinajstić information content (AvgIpc) is 2.44. The molecule has 0 amide bonds. The molecule has 2 rings (SSSR count). The summed E-state index contributed by atoms with van der Waals surface area (Å²) in [6, 6.07) is 12.9. The first-order valence-electron chi connectivity index (χ1n) is 6.96. The molecule has 3 N–H and O–H groups in total. The lowest BCUT2D eigenvalue weighted by Gasteiger charge is -2.19. The van der Waals surface area contributed by atoms with Crippen LogP contribution in [0.15, 0.2) is 42.5 Å². The molecule has 0 saturated heterocycles. The zero-order valence-electron chi connectivity index (χ0n) is 12.0. The highest BCUT2D eigenvalue weighted by atomic mass is 19.1. The van der Waals surface area contributed by atoms with E-state index in [-0.39, 0.29) is 11.9 Å². The van der Waals surface area contributed by atoms with Gasteiger partial charge in [-0.1, -0.05) is 55.3 Å². The topological polar surface area (TPSA) is 38.0 Å². The molecule has 106 valence electrons. The third-order valence-corrected chi connectivity index (χ3v) is 3.45. The van der Waals surface area contributed by atoms with E-state index in [1.165, 1.54) is 11.6 Å². The Morgan fingerprint density at radius 2 is 2.00 bits per heavy atom. The average molecular weight is 272 g/mol. The molecule has 0 aliphatic rings. The van der Waals surface area contributed by atoms with Crippen molar-refractivity contribution < 1.29 is 4.39 Å². The Kier molecular flexibility index (Phi) is 4.88. The van der Waals surface area contributed by atoms with E-state index in [9.17, 15) is 4.39 Å². The van der Waals surface area contributed by atoms with E-state index in [1.807, 2.05) is 25.1 Å². The second-order valence-corrected chi connectivity index (χ2v) is 5.12. The van der Waals surface area contributed by atoms with E-state index in [4.69, 9.17) is 5.84 Å². The van der Waals surface area contributed by atoms with Gasteiger partial charge in [-0.2, -0.15) is 0 Å². The molecule has 0 bridgehead atoms. The maximum Gasteiger partial charge on any atom is 0.128 e. The van der Waals surface area contributed by atoms with Crippen molar-refractivity contribution in [3.63, 3.8) is 0 Å². The quantitative estimate of drug-likeness (QED) is 0.644. The molecule has 0 aromatic heterocycles. The molecule has 0 fully saturated rings. The van der Waals surface area contributed by atoms with E-state index in [2.05, 4.69) is 24.5 Å². The van der Waals surface area contributed by atoms with Gasteiger partial charge in [0.1, 0.15) is 5.82 Å². The highest BCUT2D eigenvalue weighted by molar-refractivity contribution is 5.36. The minimum Gasteiger partial charge on any atom is -0.271 e. The van der Waals surface area contributed by atoms with E-state index in [0.29, 0.717) is 5.56 Å². The normalized spacial score (nSPS) is 12.4. The molecule has 0 saturated carbocycles. The maximum absolute atomic E-state index is 14.0. The summed E-state index contributed by atoms with van der Waals surface area (Å²) >= 11 is 0. The minimum absolute atomic E-state index is 0.237. The smallest absolute Gasteiger partial charge is 0.128 e. The van der Waals surface area contributed by atoms with Crippen LogP contribution in [0.1, 0.15) is 41.6 Å². The largest absolute Gasteiger partial charge is 0.271 e. The number of halogens is 1. The number of hydrazine groups is 1. The van der Waals surface area contributed by atoms with Gasteiger partial charge in [0.15, 0.2) is 0 Å². The van der Waals surface area contributed by atoms with Crippen LogP contribution >= 0.6 is 0 Å². The van der Waals surface area contributed by atoms with Crippen LogP contribution < -0.4 is 11.3 Å². The molecule has 0 spiro atoms. The molecule has 0 heterocycles. The van der Waals surface area contributed by atoms with Crippen molar-refractivity contribution in [1.29, 1.82) is 0 Å². The zero-order valence-corrected chi connectivity index (χ0v) is 12.0. The van der Waals surface area contributed by atoms with Crippen molar-refractivity contribution in [3.8, 4) is 0 Å².